The molecule has 0 radical (unpaired) electrons. The lowest BCUT2D eigenvalue weighted by atomic mass is 10.1. The predicted molar refractivity (Wildman–Crippen MR) is 89.5 cm³/mol. The highest BCUT2D eigenvalue weighted by molar-refractivity contribution is 5.94. The monoisotopic (exact) mass is 336 g/mol. The maximum absolute atomic E-state index is 13.9. The number of piperazine rings is 1. The first kappa shape index (κ1) is 18.2. The SMILES string of the molecule is CCOc1ccc(C(=O)N2CCN(C(=O)CC(C)C)CC2)cc1F. The number of benzene rings is 1. The van der Waals surface area contributed by atoms with Crippen LogP contribution in [0, 0.1) is 11.7 Å². The van der Waals surface area contributed by atoms with E-state index in [1.54, 1.807) is 22.8 Å². The molecular formula is C18H25FN2O3. The van der Waals surface area contributed by atoms with Gasteiger partial charge in [0.05, 0.1) is 6.61 Å². The van der Waals surface area contributed by atoms with E-state index in [1.165, 1.54) is 12.1 Å². The van der Waals surface area contributed by atoms with Gasteiger partial charge in [0, 0.05) is 38.2 Å². The standard InChI is InChI=1S/C18H25FN2O3/c1-4-24-16-6-5-14(12-15(16)19)18(23)21-9-7-20(8-10-21)17(22)11-13(2)3/h5-6,12-13H,4,7-11H2,1-3H3. The molecule has 5 nitrogen and oxygen atoms in total. The zero-order valence-corrected chi connectivity index (χ0v) is 14.5. The second-order valence-corrected chi connectivity index (χ2v) is 6.35. The van der Waals surface area contributed by atoms with E-state index in [4.69, 9.17) is 4.74 Å². The third-order valence-electron chi connectivity index (χ3n) is 3.98. The van der Waals surface area contributed by atoms with Crippen molar-refractivity contribution >= 4 is 11.8 Å². The number of nitrogens with zero attached hydrogens (tertiary/aromatic N) is 2. The average molecular weight is 336 g/mol. The Morgan fingerprint density at radius 1 is 1.17 bits per heavy atom. The second-order valence-electron chi connectivity index (χ2n) is 6.35. The molecule has 24 heavy (non-hydrogen) atoms. The van der Waals surface area contributed by atoms with Gasteiger partial charge < -0.3 is 14.5 Å². The van der Waals surface area contributed by atoms with Crippen molar-refractivity contribution in [1.29, 1.82) is 0 Å². The molecule has 0 aromatic heterocycles. The molecule has 6 heteroatoms. The van der Waals surface area contributed by atoms with Gasteiger partial charge in [0.2, 0.25) is 5.91 Å². The minimum atomic E-state index is -0.534. The van der Waals surface area contributed by atoms with Gasteiger partial charge in [-0.05, 0) is 31.0 Å². The number of rotatable bonds is 5. The largest absolute Gasteiger partial charge is 0.491 e. The molecule has 1 aromatic carbocycles. The van der Waals surface area contributed by atoms with Gasteiger partial charge in [-0.1, -0.05) is 13.8 Å². The normalized spacial score (nSPS) is 14.9. The summed E-state index contributed by atoms with van der Waals surface area (Å²) in [6, 6.07) is 4.27. The summed E-state index contributed by atoms with van der Waals surface area (Å²) >= 11 is 0. The van der Waals surface area contributed by atoms with Gasteiger partial charge in [-0.15, -0.1) is 0 Å². The summed E-state index contributed by atoms with van der Waals surface area (Å²) in [7, 11) is 0. The maximum Gasteiger partial charge on any atom is 0.254 e. The third kappa shape index (κ3) is 4.46. The van der Waals surface area contributed by atoms with Gasteiger partial charge in [-0.3, -0.25) is 9.59 Å². The fraction of sp³-hybridized carbons (Fsp3) is 0.556. The van der Waals surface area contributed by atoms with Gasteiger partial charge in [-0.25, -0.2) is 4.39 Å². The molecule has 1 heterocycles. The molecule has 0 bridgehead atoms. The Hall–Kier alpha value is -2.11. The van der Waals surface area contributed by atoms with Crippen LogP contribution in [0.4, 0.5) is 4.39 Å². The van der Waals surface area contributed by atoms with E-state index in [9.17, 15) is 14.0 Å². The lowest BCUT2D eigenvalue weighted by molar-refractivity contribution is -0.133. The Morgan fingerprint density at radius 3 is 2.33 bits per heavy atom. The molecule has 2 amide bonds. The van der Waals surface area contributed by atoms with Crippen molar-refractivity contribution < 1.29 is 18.7 Å². The molecule has 0 unspecified atom stereocenters. The number of carbonyl (C=O) groups excluding carboxylic acids is 2. The smallest absolute Gasteiger partial charge is 0.254 e. The molecule has 1 aliphatic heterocycles. The van der Waals surface area contributed by atoms with Gasteiger partial charge in [0.25, 0.3) is 5.91 Å². The van der Waals surface area contributed by atoms with E-state index in [2.05, 4.69) is 0 Å². The van der Waals surface area contributed by atoms with E-state index in [0.29, 0.717) is 50.7 Å². The van der Waals surface area contributed by atoms with Crippen LogP contribution >= 0.6 is 0 Å². The van der Waals surface area contributed by atoms with Crippen LogP contribution in [-0.2, 0) is 4.79 Å². The zero-order valence-electron chi connectivity index (χ0n) is 14.5. The van der Waals surface area contributed by atoms with Gasteiger partial charge in [0.1, 0.15) is 0 Å². The third-order valence-corrected chi connectivity index (χ3v) is 3.98. The second kappa shape index (κ2) is 8.13. The topological polar surface area (TPSA) is 49.9 Å². The Morgan fingerprint density at radius 2 is 1.79 bits per heavy atom. The highest BCUT2D eigenvalue weighted by Crippen LogP contribution is 2.20. The molecule has 1 aromatic rings. The minimum absolute atomic E-state index is 0.129. The number of ether oxygens (including phenoxy) is 1. The Kier molecular flexibility index (Phi) is 6.17. The number of hydrogen-bond donors (Lipinski definition) is 0. The predicted octanol–water partition coefficient (Wildman–Crippen LogP) is 2.55. The van der Waals surface area contributed by atoms with Crippen LogP contribution in [0.25, 0.3) is 0 Å². The first-order valence-corrected chi connectivity index (χ1v) is 8.41. The van der Waals surface area contributed by atoms with Crippen molar-refractivity contribution in [3.05, 3.63) is 29.6 Å². The summed E-state index contributed by atoms with van der Waals surface area (Å²) in [5, 5.41) is 0. The van der Waals surface area contributed by atoms with Crippen LogP contribution in [0.2, 0.25) is 0 Å². The van der Waals surface area contributed by atoms with Gasteiger partial charge in [0.15, 0.2) is 11.6 Å². The summed E-state index contributed by atoms with van der Waals surface area (Å²) in [4.78, 5) is 28.0. The van der Waals surface area contributed by atoms with Crippen LogP contribution in [-0.4, -0.2) is 54.4 Å². The van der Waals surface area contributed by atoms with Crippen molar-refractivity contribution in [2.75, 3.05) is 32.8 Å². The lowest BCUT2D eigenvalue weighted by Crippen LogP contribution is -2.50. The molecular weight excluding hydrogens is 311 g/mol. The molecule has 1 aliphatic rings. The highest BCUT2D eigenvalue weighted by Gasteiger charge is 2.25. The zero-order chi connectivity index (χ0) is 17.7. The molecule has 0 N–H and O–H groups in total. The fourth-order valence-electron chi connectivity index (χ4n) is 2.73. The lowest BCUT2D eigenvalue weighted by Gasteiger charge is -2.35. The van der Waals surface area contributed by atoms with Crippen molar-refractivity contribution in [2.24, 2.45) is 5.92 Å². The van der Waals surface area contributed by atoms with Crippen molar-refractivity contribution in [1.82, 2.24) is 9.80 Å². The first-order chi connectivity index (χ1) is 11.4. The molecule has 0 atom stereocenters. The van der Waals surface area contributed by atoms with Crippen LogP contribution < -0.4 is 4.74 Å². The molecule has 0 spiro atoms. The number of carbonyl (C=O) groups is 2. The van der Waals surface area contributed by atoms with E-state index in [1.807, 2.05) is 13.8 Å². The van der Waals surface area contributed by atoms with Gasteiger partial charge in [-0.2, -0.15) is 0 Å². The molecule has 0 saturated carbocycles. The molecule has 2 rings (SSSR count). The van der Waals surface area contributed by atoms with Crippen LogP contribution in [0.1, 0.15) is 37.6 Å². The number of amides is 2. The summed E-state index contributed by atoms with van der Waals surface area (Å²) in [5.41, 5.74) is 0.304. The van der Waals surface area contributed by atoms with E-state index >= 15 is 0 Å². The van der Waals surface area contributed by atoms with E-state index in [-0.39, 0.29) is 17.6 Å². The minimum Gasteiger partial charge on any atom is -0.491 e. The van der Waals surface area contributed by atoms with Crippen molar-refractivity contribution in [2.45, 2.75) is 27.2 Å². The van der Waals surface area contributed by atoms with E-state index in [0.717, 1.165) is 0 Å². The molecule has 0 aliphatic carbocycles. The Bertz CT molecular complexity index is 596. The van der Waals surface area contributed by atoms with Crippen LogP contribution in [0.5, 0.6) is 5.75 Å². The summed E-state index contributed by atoms with van der Waals surface area (Å²) < 4.78 is 19.1. The van der Waals surface area contributed by atoms with Crippen LogP contribution in [0.15, 0.2) is 18.2 Å². The van der Waals surface area contributed by atoms with Crippen LogP contribution in [0.3, 0.4) is 0 Å². The molecule has 1 fully saturated rings. The Balaban J connectivity index is 1.95. The fourth-order valence-corrected chi connectivity index (χ4v) is 2.73. The van der Waals surface area contributed by atoms with Crippen molar-refractivity contribution in [3.8, 4) is 5.75 Å². The summed E-state index contributed by atoms with van der Waals surface area (Å²) in [6.45, 7) is 8.16. The highest BCUT2D eigenvalue weighted by atomic mass is 19.1. The Labute approximate surface area is 142 Å². The number of hydrogen-bond acceptors (Lipinski definition) is 3. The summed E-state index contributed by atoms with van der Waals surface area (Å²) in [5.74, 6) is -0.146. The molecule has 1 saturated heterocycles. The van der Waals surface area contributed by atoms with E-state index < -0.39 is 5.82 Å². The summed E-state index contributed by atoms with van der Waals surface area (Å²) in [6.07, 6.45) is 0.526. The van der Waals surface area contributed by atoms with Crippen molar-refractivity contribution in [3.63, 3.8) is 0 Å². The maximum atomic E-state index is 13.9. The quantitative estimate of drug-likeness (QED) is 0.830. The number of halogens is 1. The average Bonchev–Trinajstić information content (AvgIpc) is 2.55. The first-order valence-electron chi connectivity index (χ1n) is 8.41. The molecule has 132 valence electrons. The van der Waals surface area contributed by atoms with Gasteiger partial charge >= 0.3 is 0 Å².